The van der Waals surface area contributed by atoms with Crippen molar-refractivity contribution >= 4 is 17.6 Å². The maximum atomic E-state index is 12.5. The zero-order chi connectivity index (χ0) is 24.3. The second kappa shape index (κ2) is 9.77. The Morgan fingerprint density at radius 1 is 1.32 bits per heavy atom. The van der Waals surface area contributed by atoms with Crippen molar-refractivity contribution in [2.24, 2.45) is 10.9 Å². The van der Waals surface area contributed by atoms with Crippen molar-refractivity contribution < 1.29 is 27.8 Å². The Kier molecular flexibility index (Phi) is 6.97. The predicted octanol–water partition coefficient (Wildman–Crippen LogP) is 3.71. The number of halogens is 3. The molecule has 3 unspecified atom stereocenters. The molecule has 0 aliphatic carbocycles. The average molecular weight is 479 g/mol. The number of aliphatic imine (C=N–C) groups is 1. The van der Waals surface area contributed by atoms with Crippen molar-refractivity contribution in [2.75, 3.05) is 24.6 Å². The number of carbonyl (C=O) groups is 1. The number of pyridine rings is 1. The summed E-state index contributed by atoms with van der Waals surface area (Å²) in [5.41, 5.74) is 0.527. The molecular weight excluding hydrogens is 449 g/mol. The van der Waals surface area contributed by atoms with E-state index in [9.17, 15) is 18.0 Å². The number of aromatic nitrogens is 1. The zero-order valence-electron chi connectivity index (χ0n) is 18.8. The number of allylic oxidation sites excluding steroid dienone is 1. The number of anilines is 1. The minimum absolute atomic E-state index is 0.0896. The van der Waals surface area contributed by atoms with Crippen LogP contribution in [0.4, 0.5) is 19.0 Å². The van der Waals surface area contributed by atoms with Gasteiger partial charge in [0.2, 0.25) is 0 Å². The number of amidine groups is 1. The number of carboxylic acid groups (broad SMARTS) is 1. The van der Waals surface area contributed by atoms with E-state index in [1.54, 1.807) is 12.3 Å². The fourth-order valence-corrected chi connectivity index (χ4v) is 4.81. The third kappa shape index (κ3) is 5.78. The van der Waals surface area contributed by atoms with E-state index < -0.39 is 24.2 Å². The second-order valence-electron chi connectivity index (χ2n) is 9.16. The molecule has 2 N–H and O–H groups in total. The van der Waals surface area contributed by atoms with Gasteiger partial charge in [-0.1, -0.05) is 12.2 Å². The van der Waals surface area contributed by atoms with Crippen molar-refractivity contribution in [3.8, 4) is 0 Å². The van der Waals surface area contributed by atoms with Crippen LogP contribution in [0.25, 0.3) is 0 Å². The van der Waals surface area contributed by atoms with E-state index in [-0.39, 0.29) is 24.0 Å². The minimum Gasteiger partial charge on any atom is -0.481 e. The third-order valence-electron chi connectivity index (χ3n) is 6.80. The first-order chi connectivity index (χ1) is 16.2. The van der Waals surface area contributed by atoms with E-state index in [0.717, 1.165) is 50.7 Å². The molecule has 3 aliphatic rings. The molecule has 0 bridgehead atoms. The molecule has 2 saturated heterocycles. The van der Waals surface area contributed by atoms with Gasteiger partial charge in [-0.15, -0.1) is 6.58 Å². The van der Waals surface area contributed by atoms with E-state index in [0.29, 0.717) is 18.0 Å². The van der Waals surface area contributed by atoms with Gasteiger partial charge >= 0.3 is 12.1 Å². The smallest absolute Gasteiger partial charge is 0.409 e. The summed E-state index contributed by atoms with van der Waals surface area (Å²) in [4.78, 5) is 22.1. The summed E-state index contributed by atoms with van der Waals surface area (Å²) in [6.45, 7) is 5.76. The summed E-state index contributed by atoms with van der Waals surface area (Å²) >= 11 is 0. The van der Waals surface area contributed by atoms with E-state index in [1.165, 1.54) is 0 Å². The Bertz CT molecular complexity index is 943. The number of alkyl halides is 3. The molecule has 1 aromatic rings. The lowest BCUT2D eigenvalue weighted by atomic mass is 9.81. The van der Waals surface area contributed by atoms with Gasteiger partial charge in [0.15, 0.2) is 0 Å². The molecule has 3 aliphatic heterocycles. The number of piperidine rings is 1. The van der Waals surface area contributed by atoms with Gasteiger partial charge in [0, 0.05) is 30.9 Å². The van der Waals surface area contributed by atoms with Gasteiger partial charge in [-0.05, 0) is 43.7 Å². The fourth-order valence-electron chi connectivity index (χ4n) is 4.81. The first kappa shape index (κ1) is 24.3. The van der Waals surface area contributed by atoms with Gasteiger partial charge in [-0.3, -0.25) is 9.79 Å². The van der Waals surface area contributed by atoms with Crippen LogP contribution in [-0.2, 0) is 9.53 Å². The van der Waals surface area contributed by atoms with Crippen LogP contribution in [0.3, 0.4) is 0 Å². The van der Waals surface area contributed by atoms with Crippen LogP contribution in [0.2, 0.25) is 0 Å². The van der Waals surface area contributed by atoms with Gasteiger partial charge in [0.05, 0.1) is 30.7 Å². The van der Waals surface area contributed by atoms with E-state index >= 15 is 0 Å². The summed E-state index contributed by atoms with van der Waals surface area (Å²) in [6, 6.07) is 2.65. The lowest BCUT2D eigenvalue weighted by Gasteiger charge is -2.45. The fraction of sp³-hybridized carbons (Fsp3) is 0.542. The second-order valence-corrected chi connectivity index (χ2v) is 9.16. The van der Waals surface area contributed by atoms with Crippen LogP contribution < -0.4 is 10.2 Å². The van der Waals surface area contributed by atoms with Gasteiger partial charge in [0.25, 0.3) is 0 Å². The van der Waals surface area contributed by atoms with Crippen molar-refractivity contribution in [1.29, 1.82) is 0 Å². The molecule has 0 radical (unpaired) electrons. The number of carboxylic acids is 1. The Hall–Kier alpha value is -2.88. The number of hydrogen-bond acceptors (Lipinski definition) is 6. The minimum atomic E-state index is -4.39. The Labute approximate surface area is 196 Å². The molecule has 4 rings (SSSR count). The molecule has 0 aromatic carbocycles. The Balaban J connectivity index is 1.34. The van der Waals surface area contributed by atoms with Crippen molar-refractivity contribution in [3.05, 3.63) is 48.7 Å². The molecule has 10 heteroatoms. The highest BCUT2D eigenvalue weighted by molar-refractivity contribution is 6.00. The van der Waals surface area contributed by atoms with Crippen LogP contribution in [-0.4, -0.2) is 65.5 Å². The first-order valence-electron chi connectivity index (χ1n) is 11.5. The number of nitrogens with zero attached hydrogens (tertiary/aromatic N) is 3. The quantitative estimate of drug-likeness (QED) is 0.607. The number of rotatable bonds is 6. The first-order valence-corrected chi connectivity index (χ1v) is 11.5. The highest BCUT2D eigenvalue weighted by Gasteiger charge is 2.40. The van der Waals surface area contributed by atoms with Crippen LogP contribution in [0.15, 0.2) is 48.1 Å². The van der Waals surface area contributed by atoms with Gasteiger partial charge in [-0.25, -0.2) is 4.98 Å². The van der Waals surface area contributed by atoms with Crippen molar-refractivity contribution in [3.63, 3.8) is 0 Å². The molecule has 4 heterocycles. The van der Waals surface area contributed by atoms with E-state index in [4.69, 9.17) is 9.84 Å². The summed E-state index contributed by atoms with van der Waals surface area (Å²) < 4.78 is 43.8. The van der Waals surface area contributed by atoms with Crippen LogP contribution in [0.1, 0.15) is 37.7 Å². The van der Waals surface area contributed by atoms with E-state index in [2.05, 4.69) is 26.8 Å². The highest BCUT2D eigenvalue weighted by atomic mass is 19.4. The maximum absolute atomic E-state index is 12.5. The number of hydrogen-bond donors (Lipinski definition) is 2. The third-order valence-corrected chi connectivity index (χ3v) is 6.80. The Morgan fingerprint density at radius 2 is 2.09 bits per heavy atom. The molecule has 1 spiro atoms. The van der Waals surface area contributed by atoms with Gasteiger partial charge in [-0.2, -0.15) is 13.2 Å². The van der Waals surface area contributed by atoms with Crippen LogP contribution in [0.5, 0.6) is 0 Å². The zero-order valence-corrected chi connectivity index (χ0v) is 18.8. The number of ether oxygens (including phenoxy) is 1. The molecule has 7 nitrogen and oxygen atoms in total. The summed E-state index contributed by atoms with van der Waals surface area (Å²) in [5, 5.41) is 12.1. The molecule has 184 valence electrons. The highest BCUT2D eigenvalue weighted by Crippen LogP contribution is 2.38. The predicted molar refractivity (Wildman–Crippen MR) is 122 cm³/mol. The summed E-state index contributed by atoms with van der Waals surface area (Å²) in [6.07, 6.45) is 3.71. The molecule has 0 saturated carbocycles. The molecular formula is C24H29F3N4O3. The molecule has 34 heavy (non-hydrogen) atoms. The van der Waals surface area contributed by atoms with Crippen LogP contribution >= 0.6 is 0 Å². The largest absolute Gasteiger partial charge is 0.481 e. The van der Waals surface area contributed by atoms with Gasteiger partial charge in [0.1, 0.15) is 11.7 Å². The maximum Gasteiger partial charge on any atom is 0.409 e. The van der Waals surface area contributed by atoms with Crippen molar-refractivity contribution in [2.45, 2.75) is 56.0 Å². The number of nitrogens with one attached hydrogen (secondary N) is 1. The lowest BCUT2D eigenvalue weighted by molar-refractivity contribution is -0.145. The van der Waals surface area contributed by atoms with Gasteiger partial charge < -0.3 is 20.1 Å². The Morgan fingerprint density at radius 3 is 2.65 bits per heavy atom. The number of aliphatic carboxylic acids is 1. The average Bonchev–Trinajstić information content (AvgIpc) is 3.23. The standard InChI is InChI=1S/C24H29F3N4O3/c1-2-18-19(6-8-24(25,26)27)30-22(29-18)17-3-4-20(28-14-17)31-11-9-23(10-12-31)7-5-16(15-34-23)13-21(32)33/h2-4,6,8,14,16,18-19H,1,5,7,9-13,15H2,(H,29,30)(H,32,33)/b8-6+. The van der Waals surface area contributed by atoms with Crippen LogP contribution in [0, 0.1) is 5.92 Å². The topological polar surface area (TPSA) is 87.1 Å². The molecule has 2 fully saturated rings. The van der Waals surface area contributed by atoms with E-state index in [1.807, 2.05) is 12.1 Å². The summed E-state index contributed by atoms with van der Waals surface area (Å²) in [7, 11) is 0. The monoisotopic (exact) mass is 478 g/mol. The molecule has 3 atom stereocenters. The molecule has 1 aromatic heterocycles. The summed E-state index contributed by atoms with van der Waals surface area (Å²) in [5.74, 6) is 0.628. The normalized spacial score (nSPS) is 27.0. The SMILES string of the molecule is C=CC1NC(c2ccc(N3CCC4(CCC(CC(=O)O)CO4)CC3)nc2)=NC1/C=C/C(F)(F)F. The molecule has 0 amide bonds. The van der Waals surface area contributed by atoms with Crippen molar-refractivity contribution in [1.82, 2.24) is 10.3 Å². The lowest BCUT2D eigenvalue weighted by Crippen LogP contribution is -2.49.